The van der Waals surface area contributed by atoms with E-state index in [4.69, 9.17) is 9.73 Å². The summed E-state index contributed by atoms with van der Waals surface area (Å²) in [6.45, 7) is 13.1. The van der Waals surface area contributed by atoms with E-state index in [2.05, 4.69) is 53.5 Å². The maximum absolute atomic E-state index is 5.24. The molecule has 29 heavy (non-hydrogen) atoms. The lowest BCUT2D eigenvalue weighted by Crippen LogP contribution is -2.44. The number of benzene rings is 1. The van der Waals surface area contributed by atoms with Crippen LogP contribution >= 0.6 is 0 Å². The SMILES string of the molecule is CCNC(=NCCCCN1CCN(C)CC1)NCCC(C)c1ccc(OC)cc1. The quantitative estimate of drug-likeness (QED) is 0.338. The molecule has 2 N–H and O–H groups in total. The topological polar surface area (TPSA) is 52.1 Å². The van der Waals surface area contributed by atoms with Gasteiger partial charge in [0.1, 0.15) is 5.75 Å². The normalized spacial score (nSPS) is 17.2. The third-order valence-corrected chi connectivity index (χ3v) is 5.65. The van der Waals surface area contributed by atoms with Gasteiger partial charge < -0.3 is 25.2 Å². The zero-order valence-corrected chi connectivity index (χ0v) is 18.9. The van der Waals surface area contributed by atoms with Crippen molar-refractivity contribution in [1.82, 2.24) is 20.4 Å². The van der Waals surface area contributed by atoms with Gasteiger partial charge in [-0.25, -0.2) is 0 Å². The maximum atomic E-state index is 5.24. The van der Waals surface area contributed by atoms with Crippen LogP contribution in [0.15, 0.2) is 29.3 Å². The van der Waals surface area contributed by atoms with Gasteiger partial charge in [0.25, 0.3) is 0 Å². The summed E-state index contributed by atoms with van der Waals surface area (Å²) in [5.74, 6) is 2.35. The highest BCUT2D eigenvalue weighted by Crippen LogP contribution is 2.21. The molecule has 6 nitrogen and oxygen atoms in total. The summed E-state index contributed by atoms with van der Waals surface area (Å²) in [5.41, 5.74) is 1.35. The van der Waals surface area contributed by atoms with E-state index in [-0.39, 0.29) is 0 Å². The van der Waals surface area contributed by atoms with Crippen LogP contribution in [-0.2, 0) is 0 Å². The molecule has 1 unspecified atom stereocenters. The van der Waals surface area contributed by atoms with Crippen molar-refractivity contribution >= 4 is 5.96 Å². The highest BCUT2D eigenvalue weighted by Gasteiger charge is 2.12. The van der Waals surface area contributed by atoms with Crippen molar-refractivity contribution in [3.05, 3.63) is 29.8 Å². The molecule has 1 saturated heterocycles. The van der Waals surface area contributed by atoms with E-state index >= 15 is 0 Å². The summed E-state index contributed by atoms with van der Waals surface area (Å²) >= 11 is 0. The molecule has 0 bridgehead atoms. The molecule has 1 heterocycles. The molecule has 1 aliphatic rings. The van der Waals surface area contributed by atoms with Crippen molar-refractivity contribution in [2.75, 3.05) is 66.5 Å². The Morgan fingerprint density at radius 3 is 2.48 bits per heavy atom. The Morgan fingerprint density at radius 1 is 1.10 bits per heavy atom. The fourth-order valence-corrected chi connectivity index (χ4v) is 3.56. The fourth-order valence-electron chi connectivity index (χ4n) is 3.56. The molecule has 0 radical (unpaired) electrons. The molecule has 164 valence electrons. The molecular formula is C23H41N5O. The van der Waals surface area contributed by atoms with Gasteiger partial charge in [-0.05, 0) is 63.4 Å². The first-order valence-electron chi connectivity index (χ1n) is 11.2. The van der Waals surface area contributed by atoms with Crippen LogP contribution in [0.4, 0.5) is 0 Å². The number of hydrogen-bond donors (Lipinski definition) is 2. The zero-order valence-electron chi connectivity index (χ0n) is 18.9. The molecule has 2 rings (SSSR count). The Morgan fingerprint density at radius 2 is 1.83 bits per heavy atom. The molecule has 0 amide bonds. The van der Waals surface area contributed by atoms with Crippen LogP contribution in [0.3, 0.4) is 0 Å². The van der Waals surface area contributed by atoms with E-state index in [0.717, 1.165) is 44.2 Å². The number of rotatable bonds is 11. The third kappa shape index (κ3) is 9.05. The van der Waals surface area contributed by atoms with Crippen LogP contribution in [0.2, 0.25) is 0 Å². The Bertz CT molecular complexity index is 581. The van der Waals surface area contributed by atoms with Crippen LogP contribution in [0.1, 0.15) is 44.6 Å². The van der Waals surface area contributed by atoms with E-state index in [1.54, 1.807) is 7.11 Å². The molecule has 6 heteroatoms. The minimum atomic E-state index is 0.500. The van der Waals surface area contributed by atoms with Crippen molar-refractivity contribution in [2.24, 2.45) is 4.99 Å². The largest absolute Gasteiger partial charge is 0.497 e. The van der Waals surface area contributed by atoms with E-state index < -0.39 is 0 Å². The van der Waals surface area contributed by atoms with Gasteiger partial charge >= 0.3 is 0 Å². The first kappa shape index (κ1) is 23.5. The standard InChI is InChI=1S/C23H41N5O/c1-5-24-23(25-13-6-7-15-28-18-16-27(3)17-19-28)26-14-12-20(2)21-8-10-22(29-4)11-9-21/h8-11,20H,5-7,12-19H2,1-4H3,(H2,24,25,26). The minimum absolute atomic E-state index is 0.500. The summed E-state index contributed by atoms with van der Waals surface area (Å²) in [4.78, 5) is 9.74. The minimum Gasteiger partial charge on any atom is -0.497 e. The van der Waals surface area contributed by atoms with Gasteiger partial charge in [-0.3, -0.25) is 4.99 Å². The lowest BCUT2D eigenvalue weighted by atomic mass is 9.98. The number of nitrogens with zero attached hydrogens (tertiary/aromatic N) is 3. The average molecular weight is 404 g/mol. The second-order valence-electron chi connectivity index (χ2n) is 8.00. The summed E-state index contributed by atoms with van der Waals surface area (Å²) in [7, 11) is 3.91. The van der Waals surface area contributed by atoms with Crippen molar-refractivity contribution < 1.29 is 4.74 Å². The number of ether oxygens (including phenoxy) is 1. The molecular weight excluding hydrogens is 362 g/mol. The van der Waals surface area contributed by atoms with Gasteiger partial charge in [0, 0.05) is 45.8 Å². The van der Waals surface area contributed by atoms with Gasteiger partial charge in [0.15, 0.2) is 5.96 Å². The summed E-state index contributed by atoms with van der Waals surface area (Å²) in [5, 5.41) is 6.85. The van der Waals surface area contributed by atoms with E-state index in [0.29, 0.717) is 5.92 Å². The molecule has 0 spiro atoms. The highest BCUT2D eigenvalue weighted by molar-refractivity contribution is 5.79. The number of aliphatic imine (C=N–C) groups is 1. The lowest BCUT2D eigenvalue weighted by molar-refractivity contribution is 0.152. The van der Waals surface area contributed by atoms with E-state index in [1.807, 2.05) is 12.1 Å². The van der Waals surface area contributed by atoms with Crippen molar-refractivity contribution in [2.45, 2.75) is 39.0 Å². The Hall–Kier alpha value is -1.79. The number of methoxy groups -OCH3 is 1. The predicted molar refractivity (Wildman–Crippen MR) is 123 cm³/mol. The van der Waals surface area contributed by atoms with Crippen molar-refractivity contribution in [3.63, 3.8) is 0 Å². The monoisotopic (exact) mass is 403 g/mol. The van der Waals surface area contributed by atoms with Gasteiger partial charge in [-0.2, -0.15) is 0 Å². The first-order valence-corrected chi connectivity index (χ1v) is 11.2. The van der Waals surface area contributed by atoms with Crippen LogP contribution in [0, 0.1) is 0 Å². The van der Waals surface area contributed by atoms with Gasteiger partial charge in [0.05, 0.1) is 7.11 Å². The number of piperazine rings is 1. The molecule has 1 aromatic carbocycles. The Kier molecular flexibility index (Phi) is 10.9. The summed E-state index contributed by atoms with van der Waals surface area (Å²) in [6.07, 6.45) is 3.44. The summed E-state index contributed by atoms with van der Waals surface area (Å²) in [6, 6.07) is 8.38. The maximum Gasteiger partial charge on any atom is 0.191 e. The van der Waals surface area contributed by atoms with E-state index in [1.165, 1.54) is 44.7 Å². The Balaban J connectivity index is 1.64. The molecule has 0 saturated carbocycles. The van der Waals surface area contributed by atoms with E-state index in [9.17, 15) is 0 Å². The van der Waals surface area contributed by atoms with Crippen LogP contribution in [0.5, 0.6) is 5.75 Å². The zero-order chi connectivity index (χ0) is 20.9. The average Bonchev–Trinajstić information content (AvgIpc) is 2.74. The fraction of sp³-hybridized carbons (Fsp3) is 0.696. The smallest absolute Gasteiger partial charge is 0.191 e. The lowest BCUT2D eigenvalue weighted by Gasteiger charge is -2.32. The van der Waals surface area contributed by atoms with Crippen molar-refractivity contribution in [3.8, 4) is 5.75 Å². The molecule has 1 aromatic rings. The number of likely N-dealkylation sites (N-methyl/N-ethyl adjacent to an activating group) is 1. The van der Waals surface area contributed by atoms with Crippen LogP contribution in [-0.4, -0.2) is 82.3 Å². The molecule has 1 aliphatic heterocycles. The highest BCUT2D eigenvalue weighted by atomic mass is 16.5. The second-order valence-corrected chi connectivity index (χ2v) is 8.00. The van der Waals surface area contributed by atoms with Gasteiger partial charge in [-0.1, -0.05) is 19.1 Å². The number of hydrogen-bond acceptors (Lipinski definition) is 4. The number of guanidine groups is 1. The van der Waals surface area contributed by atoms with Gasteiger partial charge in [-0.15, -0.1) is 0 Å². The molecule has 0 aliphatic carbocycles. The molecule has 1 fully saturated rings. The van der Waals surface area contributed by atoms with Gasteiger partial charge in [0.2, 0.25) is 0 Å². The number of unbranched alkanes of at least 4 members (excludes halogenated alkanes) is 1. The second kappa shape index (κ2) is 13.4. The third-order valence-electron chi connectivity index (χ3n) is 5.65. The predicted octanol–water partition coefficient (Wildman–Crippen LogP) is 2.77. The molecule has 1 atom stereocenters. The van der Waals surface area contributed by atoms with Crippen molar-refractivity contribution in [1.29, 1.82) is 0 Å². The molecule has 0 aromatic heterocycles. The number of nitrogens with one attached hydrogen (secondary N) is 2. The van der Waals surface area contributed by atoms with Crippen LogP contribution in [0.25, 0.3) is 0 Å². The Labute approximate surface area is 177 Å². The first-order chi connectivity index (χ1) is 14.1. The summed E-state index contributed by atoms with van der Waals surface area (Å²) < 4.78 is 5.24. The van der Waals surface area contributed by atoms with Crippen LogP contribution < -0.4 is 15.4 Å².